The van der Waals surface area contributed by atoms with Crippen LogP contribution in [-0.2, 0) is 30.8 Å². The fourth-order valence-electron chi connectivity index (χ4n) is 2.42. The zero-order chi connectivity index (χ0) is 20.8. The lowest BCUT2D eigenvalue weighted by atomic mass is 9.75. The molecule has 0 aliphatic rings. The molecule has 0 aromatic heterocycles. The van der Waals surface area contributed by atoms with Crippen LogP contribution in [0, 0.1) is 0 Å². The van der Waals surface area contributed by atoms with Crippen LogP contribution >= 0.6 is 0 Å². The van der Waals surface area contributed by atoms with Crippen molar-refractivity contribution in [1.82, 2.24) is 0 Å². The molecule has 0 saturated carbocycles. The van der Waals surface area contributed by atoms with Gasteiger partial charge in [-0.1, -0.05) is 53.7 Å². The number of hydrogen-bond donors (Lipinski definition) is 0. The van der Waals surface area contributed by atoms with Crippen LogP contribution in [0.3, 0.4) is 0 Å². The van der Waals surface area contributed by atoms with E-state index in [1.54, 1.807) is 26.8 Å². The number of hydrogen-bond acceptors (Lipinski definition) is 5. The highest BCUT2D eigenvalue weighted by molar-refractivity contribution is 8.06. The fraction of sp³-hybridized carbons (Fsp3) is 0.625. The highest BCUT2D eigenvalue weighted by atomic mass is 32.3. The maximum Gasteiger partial charge on any atom is 0.498 e. The van der Waals surface area contributed by atoms with Crippen molar-refractivity contribution in [2.75, 3.05) is 5.08 Å². The van der Waals surface area contributed by atoms with Gasteiger partial charge < -0.3 is 4.18 Å². The molecule has 0 atom stereocenters. The van der Waals surface area contributed by atoms with E-state index >= 15 is 0 Å². The van der Waals surface area contributed by atoms with Gasteiger partial charge in [-0.15, -0.1) is 0 Å². The minimum atomic E-state index is -5.88. The van der Waals surface area contributed by atoms with Gasteiger partial charge >= 0.3 is 15.6 Å². The lowest BCUT2D eigenvalue weighted by molar-refractivity contribution is -0.0431. The van der Waals surface area contributed by atoms with E-state index in [-0.39, 0.29) is 5.75 Å². The van der Waals surface area contributed by atoms with Gasteiger partial charge in [0.15, 0.2) is 5.08 Å². The summed E-state index contributed by atoms with van der Waals surface area (Å²) in [6.45, 7) is 11.1. The SMILES string of the molecule is CC(C)(C)c1cccc(OS(=O)(=O)CS(=O)(=O)C(F)(F)F)c1C(C)(C)C. The normalized spacial score (nSPS) is 14.3. The van der Waals surface area contributed by atoms with E-state index in [1.165, 1.54) is 12.1 Å². The van der Waals surface area contributed by atoms with E-state index < -0.39 is 41.4 Å². The van der Waals surface area contributed by atoms with Crippen LogP contribution in [0.1, 0.15) is 52.7 Å². The lowest BCUT2D eigenvalue weighted by Crippen LogP contribution is -2.32. The molecule has 0 radical (unpaired) electrons. The Labute approximate surface area is 152 Å². The molecule has 1 aromatic carbocycles. The number of halogens is 3. The minimum absolute atomic E-state index is 0.178. The zero-order valence-corrected chi connectivity index (χ0v) is 17.1. The van der Waals surface area contributed by atoms with Crippen LogP contribution in [0.25, 0.3) is 0 Å². The molecule has 0 fully saturated rings. The molecule has 5 nitrogen and oxygen atoms in total. The first kappa shape index (κ1) is 22.8. The predicted octanol–water partition coefficient (Wildman–Crippen LogP) is 3.88. The van der Waals surface area contributed by atoms with Gasteiger partial charge in [-0.05, 0) is 22.5 Å². The van der Waals surface area contributed by atoms with Crippen molar-refractivity contribution in [3.8, 4) is 5.75 Å². The predicted molar refractivity (Wildman–Crippen MR) is 93.2 cm³/mol. The van der Waals surface area contributed by atoms with E-state index in [0.717, 1.165) is 5.56 Å². The average molecular weight is 416 g/mol. The van der Waals surface area contributed by atoms with Crippen LogP contribution in [0.15, 0.2) is 18.2 Å². The largest absolute Gasteiger partial charge is 0.498 e. The minimum Gasteiger partial charge on any atom is -0.381 e. The summed E-state index contributed by atoms with van der Waals surface area (Å²) < 4.78 is 88.6. The summed E-state index contributed by atoms with van der Waals surface area (Å²) in [5.41, 5.74) is -5.44. The van der Waals surface area contributed by atoms with Crippen LogP contribution < -0.4 is 4.18 Å². The van der Waals surface area contributed by atoms with Crippen molar-refractivity contribution >= 4 is 20.0 Å². The highest BCUT2D eigenvalue weighted by Crippen LogP contribution is 2.40. The maximum absolute atomic E-state index is 12.5. The molecule has 0 aliphatic carbocycles. The first-order valence-electron chi connectivity index (χ1n) is 7.63. The summed E-state index contributed by atoms with van der Waals surface area (Å²) in [5, 5.41) is -2.17. The Balaban J connectivity index is 3.47. The molecule has 10 heteroatoms. The van der Waals surface area contributed by atoms with Crippen molar-refractivity contribution in [2.24, 2.45) is 0 Å². The molecule has 0 spiro atoms. The first-order valence-corrected chi connectivity index (χ1v) is 10.9. The van der Waals surface area contributed by atoms with Crippen molar-refractivity contribution in [3.63, 3.8) is 0 Å². The van der Waals surface area contributed by atoms with Crippen molar-refractivity contribution in [2.45, 2.75) is 57.9 Å². The summed E-state index contributed by atoms with van der Waals surface area (Å²) in [7, 11) is -10.9. The third-order valence-corrected chi connectivity index (χ3v) is 6.99. The Morgan fingerprint density at radius 3 is 1.77 bits per heavy atom. The topological polar surface area (TPSA) is 77.5 Å². The molecule has 26 heavy (non-hydrogen) atoms. The lowest BCUT2D eigenvalue weighted by Gasteiger charge is -2.31. The van der Waals surface area contributed by atoms with Gasteiger partial charge in [0, 0.05) is 5.56 Å². The van der Waals surface area contributed by atoms with Crippen molar-refractivity contribution < 1.29 is 34.2 Å². The second-order valence-electron chi connectivity index (χ2n) is 8.00. The van der Waals surface area contributed by atoms with E-state index in [2.05, 4.69) is 0 Å². The Hall–Kier alpha value is -1.29. The van der Waals surface area contributed by atoms with Gasteiger partial charge in [-0.3, -0.25) is 0 Å². The molecule has 0 amide bonds. The third-order valence-electron chi connectivity index (χ3n) is 3.45. The van der Waals surface area contributed by atoms with Crippen LogP contribution in [0.5, 0.6) is 5.75 Å². The average Bonchev–Trinajstić information content (AvgIpc) is 2.32. The number of rotatable bonds is 4. The molecule has 150 valence electrons. The van der Waals surface area contributed by atoms with Gasteiger partial charge in [-0.2, -0.15) is 21.6 Å². The second kappa shape index (κ2) is 6.70. The monoisotopic (exact) mass is 416 g/mol. The van der Waals surface area contributed by atoms with Crippen molar-refractivity contribution in [1.29, 1.82) is 0 Å². The smallest absolute Gasteiger partial charge is 0.381 e. The molecule has 0 N–H and O–H groups in total. The molecule has 0 heterocycles. The summed E-state index contributed by atoms with van der Waals surface area (Å²) in [6, 6.07) is 4.58. The molecule has 0 saturated heterocycles. The van der Waals surface area contributed by atoms with E-state index in [0.29, 0.717) is 5.56 Å². The highest BCUT2D eigenvalue weighted by Gasteiger charge is 2.49. The fourth-order valence-corrected chi connectivity index (χ4v) is 5.08. The molecular formula is C16H23F3O5S2. The number of sulfone groups is 1. The van der Waals surface area contributed by atoms with E-state index in [9.17, 15) is 30.0 Å². The van der Waals surface area contributed by atoms with Crippen LogP contribution in [0.2, 0.25) is 0 Å². The van der Waals surface area contributed by atoms with Gasteiger partial charge in [0.05, 0.1) is 0 Å². The quantitative estimate of drug-likeness (QED) is 0.696. The van der Waals surface area contributed by atoms with Gasteiger partial charge in [0.2, 0.25) is 0 Å². The van der Waals surface area contributed by atoms with Gasteiger partial charge in [0.25, 0.3) is 9.84 Å². The first-order chi connectivity index (χ1) is 11.3. The van der Waals surface area contributed by atoms with Crippen molar-refractivity contribution in [3.05, 3.63) is 29.3 Å². The Kier molecular flexibility index (Phi) is 5.87. The number of benzene rings is 1. The zero-order valence-electron chi connectivity index (χ0n) is 15.4. The molecular weight excluding hydrogens is 393 g/mol. The maximum atomic E-state index is 12.5. The Morgan fingerprint density at radius 2 is 1.38 bits per heavy atom. The molecule has 1 aromatic rings. The Morgan fingerprint density at radius 1 is 0.885 bits per heavy atom. The van der Waals surface area contributed by atoms with E-state index in [4.69, 9.17) is 4.18 Å². The molecule has 0 unspecified atom stereocenters. The molecule has 1 rings (SSSR count). The van der Waals surface area contributed by atoms with Gasteiger partial charge in [-0.25, -0.2) is 8.42 Å². The summed E-state index contributed by atoms with van der Waals surface area (Å²) in [4.78, 5) is 0. The molecule has 0 aliphatic heterocycles. The molecule has 0 bridgehead atoms. The standard InChI is InChI=1S/C16H23F3O5S2/c1-14(2,3)11-8-7-9-12(13(11)15(4,5)6)24-26(22,23)10-25(20,21)16(17,18)19/h7-9H,10H2,1-6H3. The second-order valence-corrected chi connectivity index (χ2v) is 11.9. The third kappa shape index (κ3) is 5.35. The summed E-state index contributed by atoms with van der Waals surface area (Å²) >= 11 is 0. The summed E-state index contributed by atoms with van der Waals surface area (Å²) in [6.07, 6.45) is 0. The van der Waals surface area contributed by atoms with Crippen LogP contribution in [0.4, 0.5) is 13.2 Å². The summed E-state index contributed by atoms with van der Waals surface area (Å²) in [5.74, 6) is -0.178. The van der Waals surface area contributed by atoms with Crippen LogP contribution in [-0.4, -0.2) is 27.4 Å². The number of alkyl halides is 3. The Bertz CT molecular complexity index is 872. The van der Waals surface area contributed by atoms with E-state index in [1.807, 2.05) is 20.8 Å². The van der Waals surface area contributed by atoms with Gasteiger partial charge in [0.1, 0.15) is 5.75 Å².